The molecule has 4 saturated heterocycles. The van der Waals surface area contributed by atoms with E-state index in [9.17, 15) is 24.3 Å². The van der Waals surface area contributed by atoms with Crippen LogP contribution >= 0.6 is 0 Å². The van der Waals surface area contributed by atoms with Crippen molar-refractivity contribution in [3.63, 3.8) is 0 Å². The SMILES string of the molecule is C=CCCC(=O)NC[C@H](C)OC(=O)[C@@H]1[C@H]2C(=O)N(CCCO)[C@H](C(=O)N(CC=C)CCN3CCOCC3)[C@]23CC[C@H]1O3. The molecule has 0 aromatic rings. The summed E-state index contributed by atoms with van der Waals surface area (Å²) in [7, 11) is 0. The summed E-state index contributed by atoms with van der Waals surface area (Å²) in [6, 6.07) is -0.907. The standard InChI is InChI=1S/C30H46N4O8/c1-4-6-8-23(36)31-20-21(3)41-29(39)24-22-9-10-30(42-22)25(24)27(37)34(12-7-17-35)26(30)28(38)33(11-5-2)14-13-32-15-18-40-19-16-32/h4-5,21-22,24-26,35H,1-2,6-20H2,3H3,(H,31,36)/t21-,22+,24-,25-,26+,30-/m0/s1. The number of aliphatic hydroxyl groups is 1. The fourth-order valence-electron chi connectivity index (χ4n) is 6.79. The number of nitrogens with one attached hydrogen (secondary N) is 1. The first kappa shape index (κ1) is 32.1. The summed E-state index contributed by atoms with van der Waals surface area (Å²) in [5.41, 5.74) is -1.14. The van der Waals surface area contributed by atoms with E-state index in [1.165, 1.54) is 4.90 Å². The van der Waals surface area contributed by atoms with Crippen LogP contribution < -0.4 is 5.32 Å². The zero-order chi connectivity index (χ0) is 30.3. The average molecular weight is 591 g/mol. The van der Waals surface area contributed by atoms with E-state index in [-0.39, 0.29) is 37.4 Å². The Morgan fingerprint density at radius 2 is 2.00 bits per heavy atom. The molecule has 0 aromatic carbocycles. The third-order valence-electron chi connectivity index (χ3n) is 8.79. The Morgan fingerprint density at radius 1 is 1.24 bits per heavy atom. The van der Waals surface area contributed by atoms with Crippen LogP contribution in [0.25, 0.3) is 0 Å². The summed E-state index contributed by atoms with van der Waals surface area (Å²) >= 11 is 0. The topological polar surface area (TPSA) is 138 Å². The summed E-state index contributed by atoms with van der Waals surface area (Å²) in [6.45, 7) is 13.6. The van der Waals surface area contributed by atoms with Crippen LogP contribution in [-0.4, -0.2) is 133 Å². The number of allylic oxidation sites excluding steroid dienone is 1. The van der Waals surface area contributed by atoms with Crippen LogP contribution in [0.5, 0.6) is 0 Å². The maximum atomic E-state index is 14.3. The van der Waals surface area contributed by atoms with Gasteiger partial charge < -0.3 is 34.4 Å². The highest BCUT2D eigenvalue weighted by atomic mass is 16.6. The smallest absolute Gasteiger partial charge is 0.312 e. The van der Waals surface area contributed by atoms with E-state index in [0.29, 0.717) is 65.0 Å². The molecule has 0 aromatic heterocycles. The van der Waals surface area contributed by atoms with Gasteiger partial charge in [0.05, 0.1) is 37.7 Å². The molecule has 12 nitrogen and oxygen atoms in total. The van der Waals surface area contributed by atoms with Crippen molar-refractivity contribution in [3.05, 3.63) is 25.3 Å². The number of ether oxygens (including phenoxy) is 3. The molecule has 4 aliphatic heterocycles. The number of rotatable bonds is 16. The third kappa shape index (κ3) is 6.72. The number of aliphatic hydroxyl groups excluding tert-OH is 1. The minimum Gasteiger partial charge on any atom is -0.460 e. The molecule has 12 heteroatoms. The van der Waals surface area contributed by atoms with Crippen molar-refractivity contribution in [3.8, 4) is 0 Å². The normalized spacial score (nSPS) is 29.2. The maximum absolute atomic E-state index is 14.3. The first-order valence-corrected chi connectivity index (χ1v) is 15.1. The number of likely N-dealkylation sites (tertiary alicyclic amines) is 1. The third-order valence-corrected chi connectivity index (χ3v) is 8.79. The highest BCUT2D eigenvalue weighted by Gasteiger charge is 2.75. The number of hydrogen-bond donors (Lipinski definition) is 2. The zero-order valence-corrected chi connectivity index (χ0v) is 24.7. The van der Waals surface area contributed by atoms with Gasteiger partial charge in [-0.1, -0.05) is 12.2 Å². The van der Waals surface area contributed by atoms with Gasteiger partial charge in [0.1, 0.15) is 17.7 Å². The Balaban J connectivity index is 1.50. The molecular weight excluding hydrogens is 544 g/mol. The van der Waals surface area contributed by atoms with Gasteiger partial charge in [-0.3, -0.25) is 24.1 Å². The van der Waals surface area contributed by atoms with Crippen LogP contribution in [0.1, 0.15) is 39.0 Å². The van der Waals surface area contributed by atoms with E-state index in [0.717, 1.165) is 13.1 Å². The minimum absolute atomic E-state index is 0.138. The quantitative estimate of drug-likeness (QED) is 0.189. The van der Waals surface area contributed by atoms with Gasteiger partial charge in [-0.25, -0.2) is 0 Å². The van der Waals surface area contributed by atoms with E-state index >= 15 is 0 Å². The molecule has 0 unspecified atom stereocenters. The summed E-state index contributed by atoms with van der Waals surface area (Å²) in [5.74, 6) is -2.97. The molecule has 2 bridgehead atoms. The Morgan fingerprint density at radius 3 is 2.69 bits per heavy atom. The van der Waals surface area contributed by atoms with Crippen molar-refractivity contribution in [1.29, 1.82) is 0 Å². The molecular formula is C30H46N4O8. The average Bonchev–Trinajstić information content (AvgIpc) is 3.63. The Hall–Kier alpha value is -2.80. The molecule has 234 valence electrons. The molecule has 2 N–H and O–H groups in total. The molecule has 1 spiro atoms. The second-order valence-electron chi connectivity index (χ2n) is 11.6. The second-order valence-corrected chi connectivity index (χ2v) is 11.6. The first-order chi connectivity index (χ1) is 20.3. The molecule has 3 amide bonds. The highest BCUT2D eigenvalue weighted by molar-refractivity contribution is 5.98. The van der Waals surface area contributed by atoms with Gasteiger partial charge >= 0.3 is 5.97 Å². The van der Waals surface area contributed by atoms with Crippen LogP contribution in [0.3, 0.4) is 0 Å². The van der Waals surface area contributed by atoms with Gasteiger partial charge in [0.15, 0.2) is 0 Å². The lowest BCUT2D eigenvalue weighted by atomic mass is 9.70. The number of amides is 3. The first-order valence-electron chi connectivity index (χ1n) is 15.1. The van der Waals surface area contributed by atoms with E-state index in [1.54, 1.807) is 24.0 Å². The van der Waals surface area contributed by atoms with E-state index < -0.39 is 41.7 Å². The van der Waals surface area contributed by atoms with E-state index in [4.69, 9.17) is 14.2 Å². The predicted molar refractivity (Wildman–Crippen MR) is 153 cm³/mol. The van der Waals surface area contributed by atoms with Crippen molar-refractivity contribution >= 4 is 23.7 Å². The lowest BCUT2D eigenvalue weighted by molar-refractivity contribution is -0.159. The van der Waals surface area contributed by atoms with Crippen molar-refractivity contribution in [1.82, 2.24) is 20.0 Å². The summed E-state index contributed by atoms with van der Waals surface area (Å²) in [6.07, 6.45) is 4.36. The molecule has 0 aliphatic carbocycles. The lowest BCUT2D eigenvalue weighted by Gasteiger charge is -2.37. The largest absolute Gasteiger partial charge is 0.460 e. The van der Waals surface area contributed by atoms with Gasteiger partial charge in [0.25, 0.3) is 0 Å². The number of carbonyl (C=O) groups excluding carboxylic acids is 4. The van der Waals surface area contributed by atoms with Crippen LogP contribution in [0.15, 0.2) is 25.3 Å². The number of hydrogen-bond acceptors (Lipinski definition) is 9. The fraction of sp³-hybridized carbons (Fsp3) is 0.733. The van der Waals surface area contributed by atoms with Crippen LogP contribution in [0.2, 0.25) is 0 Å². The Labute approximate surface area is 248 Å². The van der Waals surface area contributed by atoms with Crippen molar-refractivity contribution in [2.24, 2.45) is 11.8 Å². The van der Waals surface area contributed by atoms with Gasteiger partial charge in [0, 0.05) is 52.3 Å². The summed E-state index contributed by atoms with van der Waals surface area (Å²) < 4.78 is 17.6. The molecule has 4 fully saturated rings. The van der Waals surface area contributed by atoms with E-state index in [1.807, 2.05) is 0 Å². The zero-order valence-electron chi connectivity index (χ0n) is 24.7. The number of esters is 1. The van der Waals surface area contributed by atoms with Crippen LogP contribution in [-0.2, 0) is 33.4 Å². The van der Waals surface area contributed by atoms with Crippen LogP contribution in [0.4, 0.5) is 0 Å². The summed E-state index contributed by atoms with van der Waals surface area (Å²) in [4.78, 5) is 59.2. The lowest BCUT2D eigenvalue weighted by Crippen LogP contribution is -2.57. The monoisotopic (exact) mass is 590 g/mol. The van der Waals surface area contributed by atoms with Gasteiger partial charge in [-0.2, -0.15) is 0 Å². The van der Waals surface area contributed by atoms with E-state index in [2.05, 4.69) is 23.4 Å². The maximum Gasteiger partial charge on any atom is 0.312 e. The van der Waals surface area contributed by atoms with Gasteiger partial charge in [-0.05, 0) is 32.6 Å². The molecule has 4 heterocycles. The Bertz CT molecular complexity index is 1020. The van der Waals surface area contributed by atoms with Gasteiger partial charge in [0.2, 0.25) is 17.7 Å². The Kier molecular flexibility index (Phi) is 11.2. The number of carbonyl (C=O) groups is 4. The van der Waals surface area contributed by atoms with Crippen molar-refractivity contribution < 1.29 is 38.5 Å². The molecule has 0 radical (unpaired) electrons. The molecule has 4 aliphatic rings. The molecule has 4 rings (SSSR count). The van der Waals surface area contributed by atoms with Crippen molar-refractivity contribution in [2.75, 3.05) is 65.6 Å². The molecule has 6 atom stereocenters. The number of fused-ring (bicyclic) bond motifs is 1. The van der Waals surface area contributed by atoms with Crippen LogP contribution in [0, 0.1) is 11.8 Å². The summed E-state index contributed by atoms with van der Waals surface area (Å²) in [5, 5.41) is 12.3. The van der Waals surface area contributed by atoms with Crippen molar-refractivity contribution in [2.45, 2.75) is 62.9 Å². The second kappa shape index (κ2) is 14.6. The number of nitrogens with zero attached hydrogens (tertiary/aromatic N) is 3. The molecule has 42 heavy (non-hydrogen) atoms. The van der Waals surface area contributed by atoms with Gasteiger partial charge in [-0.15, -0.1) is 13.2 Å². The number of morpholine rings is 1. The fourth-order valence-corrected chi connectivity index (χ4v) is 6.79. The molecule has 0 saturated carbocycles. The highest BCUT2D eigenvalue weighted by Crippen LogP contribution is 2.58. The predicted octanol–water partition coefficient (Wildman–Crippen LogP) is 0.104. The minimum atomic E-state index is -1.14.